The molecule has 1 aliphatic heterocycles. The fraction of sp³-hybridized carbons (Fsp3) is 0.571. The van der Waals surface area contributed by atoms with Gasteiger partial charge in [0, 0.05) is 17.9 Å². The Morgan fingerprint density at radius 2 is 2.24 bits per heavy atom. The standard InChI is InChI=1S/C14H20BrNO/c1-11(9-15)16(2)10-14-13-6-4-3-5-12(13)7-8-17-14/h3-6,11,14H,7-10H2,1-2H3. The lowest BCUT2D eigenvalue weighted by Gasteiger charge is -2.32. The van der Waals surface area contributed by atoms with Crippen LogP contribution in [0.25, 0.3) is 0 Å². The van der Waals surface area contributed by atoms with Gasteiger partial charge in [0.15, 0.2) is 0 Å². The minimum absolute atomic E-state index is 0.228. The molecule has 0 N–H and O–H groups in total. The summed E-state index contributed by atoms with van der Waals surface area (Å²) in [4.78, 5) is 2.35. The Labute approximate surface area is 112 Å². The number of likely N-dealkylation sites (N-methyl/N-ethyl adjacent to an activating group) is 1. The van der Waals surface area contributed by atoms with Crippen LogP contribution in [-0.2, 0) is 11.2 Å². The van der Waals surface area contributed by atoms with Crippen molar-refractivity contribution < 1.29 is 4.74 Å². The van der Waals surface area contributed by atoms with E-state index in [-0.39, 0.29) is 6.10 Å². The number of halogens is 1. The van der Waals surface area contributed by atoms with Crippen LogP contribution in [0.4, 0.5) is 0 Å². The topological polar surface area (TPSA) is 12.5 Å². The smallest absolute Gasteiger partial charge is 0.0954 e. The van der Waals surface area contributed by atoms with Gasteiger partial charge in [0.1, 0.15) is 0 Å². The summed E-state index contributed by atoms with van der Waals surface area (Å²) in [6.45, 7) is 4.03. The van der Waals surface area contributed by atoms with Crippen LogP contribution in [0.2, 0.25) is 0 Å². The lowest BCUT2D eigenvalue weighted by atomic mass is 9.97. The first kappa shape index (κ1) is 13.1. The molecule has 0 bridgehead atoms. The predicted molar refractivity (Wildman–Crippen MR) is 74.7 cm³/mol. The van der Waals surface area contributed by atoms with Gasteiger partial charge in [-0.15, -0.1) is 0 Å². The molecule has 2 rings (SSSR count). The lowest BCUT2D eigenvalue weighted by Crippen LogP contribution is -2.36. The molecule has 1 heterocycles. The average molecular weight is 298 g/mol. The van der Waals surface area contributed by atoms with E-state index in [4.69, 9.17) is 4.74 Å². The van der Waals surface area contributed by atoms with Crippen LogP contribution in [0.1, 0.15) is 24.2 Å². The molecule has 0 amide bonds. The molecule has 17 heavy (non-hydrogen) atoms. The molecule has 0 aromatic heterocycles. The summed E-state index contributed by atoms with van der Waals surface area (Å²) in [5.41, 5.74) is 2.82. The SMILES string of the molecule is CC(CBr)N(C)CC1OCCc2ccccc21. The maximum absolute atomic E-state index is 5.91. The molecular formula is C14H20BrNO. The average Bonchev–Trinajstić information content (AvgIpc) is 2.38. The number of fused-ring (bicyclic) bond motifs is 1. The van der Waals surface area contributed by atoms with Crippen molar-refractivity contribution in [2.45, 2.75) is 25.5 Å². The Kier molecular flexibility index (Phi) is 4.60. The molecule has 0 saturated carbocycles. The molecule has 0 radical (unpaired) electrons. The number of hydrogen-bond acceptors (Lipinski definition) is 2. The second-order valence-electron chi connectivity index (χ2n) is 4.75. The monoisotopic (exact) mass is 297 g/mol. The lowest BCUT2D eigenvalue weighted by molar-refractivity contribution is 0.0161. The van der Waals surface area contributed by atoms with Gasteiger partial charge in [0.05, 0.1) is 12.7 Å². The normalized spacial score (nSPS) is 21.3. The first-order valence-corrected chi connectivity index (χ1v) is 7.30. The first-order chi connectivity index (χ1) is 8.22. The third kappa shape index (κ3) is 3.09. The first-order valence-electron chi connectivity index (χ1n) is 6.18. The molecule has 94 valence electrons. The Morgan fingerprint density at radius 1 is 1.47 bits per heavy atom. The van der Waals surface area contributed by atoms with Crippen LogP contribution in [0.5, 0.6) is 0 Å². The molecular weight excluding hydrogens is 278 g/mol. The van der Waals surface area contributed by atoms with Crippen molar-refractivity contribution in [1.29, 1.82) is 0 Å². The second kappa shape index (κ2) is 5.98. The fourth-order valence-corrected chi connectivity index (χ4v) is 2.68. The Morgan fingerprint density at radius 3 is 3.00 bits per heavy atom. The summed E-state index contributed by atoms with van der Waals surface area (Å²) < 4.78 is 5.91. The van der Waals surface area contributed by atoms with E-state index in [1.54, 1.807) is 0 Å². The minimum atomic E-state index is 0.228. The van der Waals surface area contributed by atoms with Crippen LogP contribution in [0, 0.1) is 0 Å². The largest absolute Gasteiger partial charge is 0.372 e. The second-order valence-corrected chi connectivity index (χ2v) is 5.40. The number of hydrogen-bond donors (Lipinski definition) is 0. The van der Waals surface area contributed by atoms with Crippen LogP contribution >= 0.6 is 15.9 Å². The Balaban J connectivity index is 2.08. The molecule has 2 nitrogen and oxygen atoms in total. The van der Waals surface area contributed by atoms with E-state index < -0.39 is 0 Å². The number of rotatable bonds is 4. The van der Waals surface area contributed by atoms with E-state index in [1.165, 1.54) is 11.1 Å². The van der Waals surface area contributed by atoms with E-state index in [0.717, 1.165) is 24.9 Å². The van der Waals surface area contributed by atoms with Gasteiger partial charge >= 0.3 is 0 Å². The molecule has 0 fully saturated rings. The van der Waals surface area contributed by atoms with Gasteiger partial charge in [-0.2, -0.15) is 0 Å². The number of benzene rings is 1. The highest BCUT2D eigenvalue weighted by Crippen LogP contribution is 2.27. The maximum atomic E-state index is 5.91. The van der Waals surface area contributed by atoms with E-state index in [0.29, 0.717) is 6.04 Å². The van der Waals surface area contributed by atoms with Gasteiger partial charge in [-0.25, -0.2) is 0 Å². The van der Waals surface area contributed by atoms with Gasteiger partial charge in [-0.1, -0.05) is 40.2 Å². The maximum Gasteiger partial charge on any atom is 0.0954 e. The summed E-state index contributed by atoms with van der Waals surface area (Å²) in [5.74, 6) is 0. The van der Waals surface area contributed by atoms with Gasteiger partial charge in [-0.05, 0) is 31.5 Å². The zero-order chi connectivity index (χ0) is 12.3. The van der Waals surface area contributed by atoms with Crippen molar-refractivity contribution >= 4 is 15.9 Å². The summed E-state index contributed by atoms with van der Waals surface area (Å²) in [7, 11) is 2.16. The van der Waals surface area contributed by atoms with Crippen LogP contribution in [0.3, 0.4) is 0 Å². The minimum Gasteiger partial charge on any atom is -0.372 e. The van der Waals surface area contributed by atoms with Crippen molar-refractivity contribution in [2.75, 3.05) is 25.5 Å². The van der Waals surface area contributed by atoms with Crippen molar-refractivity contribution in [3.8, 4) is 0 Å². The molecule has 1 aromatic rings. The highest BCUT2D eigenvalue weighted by molar-refractivity contribution is 9.09. The van der Waals surface area contributed by atoms with E-state index in [1.807, 2.05) is 0 Å². The Hall–Kier alpha value is -0.380. The molecule has 0 spiro atoms. The number of alkyl halides is 1. The van der Waals surface area contributed by atoms with Gasteiger partial charge < -0.3 is 4.74 Å². The van der Waals surface area contributed by atoms with Crippen molar-refractivity contribution in [3.05, 3.63) is 35.4 Å². The quantitative estimate of drug-likeness (QED) is 0.792. The molecule has 3 heteroatoms. The summed E-state index contributed by atoms with van der Waals surface area (Å²) in [6.07, 6.45) is 1.27. The molecule has 2 unspecified atom stereocenters. The van der Waals surface area contributed by atoms with E-state index in [2.05, 4.69) is 59.1 Å². The highest BCUT2D eigenvalue weighted by Gasteiger charge is 2.22. The van der Waals surface area contributed by atoms with Crippen molar-refractivity contribution in [3.63, 3.8) is 0 Å². The summed E-state index contributed by atoms with van der Waals surface area (Å²) in [5, 5.41) is 0.998. The highest BCUT2D eigenvalue weighted by atomic mass is 79.9. The van der Waals surface area contributed by atoms with E-state index >= 15 is 0 Å². The van der Waals surface area contributed by atoms with Crippen LogP contribution in [0.15, 0.2) is 24.3 Å². The molecule has 2 atom stereocenters. The third-order valence-corrected chi connectivity index (χ3v) is 4.46. The van der Waals surface area contributed by atoms with Gasteiger partial charge in [-0.3, -0.25) is 4.90 Å². The van der Waals surface area contributed by atoms with E-state index in [9.17, 15) is 0 Å². The van der Waals surface area contributed by atoms with Crippen LogP contribution < -0.4 is 0 Å². The molecule has 0 saturated heterocycles. The fourth-order valence-electron chi connectivity index (χ4n) is 2.19. The predicted octanol–water partition coefficient (Wildman–Crippen LogP) is 3.02. The zero-order valence-electron chi connectivity index (χ0n) is 10.5. The number of nitrogens with zero attached hydrogens (tertiary/aromatic N) is 1. The Bertz CT molecular complexity index is 369. The van der Waals surface area contributed by atoms with Crippen LogP contribution in [-0.4, -0.2) is 36.5 Å². The zero-order valence-corrected chi connectivity index (χ0v) is 12.1. The van der Waals surface area contributed by atoms with Crippen molar-refractivity contribution in [2.24, 2.45) is 0 Å². The number of ether oxygens (including phenoxy) is 1. The van der Waals surface area contributed by atoms with Gasteiger partial charge in [0.2, 0.25) is 0 Å². The molecule has 0 aliphatic carbocycles. The molecule has 1 aromatic carbocycles. The summed E-state index contributed by atoms with van der Waals surface area (Å²) >= 11 is 3.53. The van der Waals surface area contributed by atoms with Gasteiger partial charge in [0.25, 0.3) is 0 Å². The van der Waals surface area contributed by atoms with Crippen molar-refractivity contribution in [1.82, 2.24) is 4.90 Å². The molecule has 1 aliphatic rings. The third-order valence-electron chi connectivity index (χ3n) is 3.52. The summed E-state index contributed by atoms with van der Waals surface area (Å²) in [6, 6.07) is 9.18.